The fraction of sp³-hybridized carbons (Fsp3) is 0.592. The van der Waals surface area contributed by atoms with Crippen LogP contribution in [0.1, 0.15) is 126 Å². The topological polar surface area (TPSA) is 402 Å². The predicted molar refractivity (Wildman–Crippen MR) is 390 cm³/mol. The van der Waals surface area contributed by atoms with E-state index in [1.165, 1.54) is 21.6 Å². The maximum Gasteiger partial charge on any atom is 0.317 e. The first-order valence-corrected chi connectivity index (χ1v) is 38.8. The first-order chi connectivity index (χ1) is 49.3. The molecular weight excluding hydrogens is 1390 g/mol. The van der Waals surface area contributed by atoms with Gasteiger partial charge >= 0.3 is 17.9 Å². The molecule has 7 rings (SSSR count). The van der Waals surface area contributed by atoms with Gasteiger partial charge in [-0.2, -0.15) is 35.3 Å². The molecule has 5 heterocycles. The fourth-order valence-electron chi connectivity index (χ4n) is 12.8. The Hall–Kier alpha value is -8.04. The molecule has 7 atom stereocenters. The van der Waals surface area contributed by atoms with Crippen molar-refractivity contribution in [2.24, 2.45) is 11.7 Å². The number of carboxylic acids is 3. The third kappa shape index (κ3) is 27.5. The van der Waals surface area contributed by atoms with E-state index in [0.29, 0.717) is 65.8 Å². The molecule has 103 heavy (non-hydrogen) atoms. The lowest BCUT2D eigenvalue weighted by atomic mass is 10.0. The van der Waals surface area contributed by atoms with Crippen LogP contribution in [0.2, 0.25) is 0 Å². The number of amides is 9. The number of carboxylic acid groups (broad SMARTS) is 3. The third-order valence-corrected chi connectivity index (χ3v) is 21.4. The van der Waals surface area contributed by atoms with Crippen molar-refractivity contribution in [3.05, 3.63) is 94.3 Å². The number of nitrogens with two attached hydrogens (primary N) is 1. The van der Waals surface area contributed by atoms with Crippen molar-refractivity contribution in [1.29, 1.82) is 0 Å². The van der Waals surface area contributed by atoms with E-state index < -0.39 is 127 Å². The third-order valence-electron chi connectivity index (χ3n) is 18.0. The Kier molecular flexibility index (Phi) is 33.6. The molecule has 0 aliphatic carbocycles. The summed E-state index contributed by atoms with van der Waals surface area (Å²) < 4.78 is 6.01. The minimum Gasteiger partial charge on any atom is -0.482 e. The number of aromatic nitrogens is 1. The molecule has 4 bridgehead atoms. The number of carbonyl (C=O) groups excluding carboxylic acids is 9. The van der Waals surface area contributed by atoms with Crippen molar-refractivity contribution >= 4 is 106 Å². The number of benzene rings is 2. The Labute approximate surface area is 614 Å². The van der Waals surface area contributed by atoms with Crippen LogP contribution in [0.5, 0.6) is 5.75 Å². The summed E-state index contributed by atoms with van der Waals surface area (Å²) >= 11 is 4.60. The van der Waals surface area contributed by atoms with Gasteiger partial charge in [0.2, 0.25) is 47.3 Å². The molecule has 564 valence electrons. The Morgan fingerprint density at radius 1 is 0.670 bits per heavy atom. The molecule has 2 aromatic carbocycles. The van der Waals surface area contributed by atoms with Gasteiger partial charge in [0, 0.05) is 119 Å². The number of aliphatic carboxylic acids is 3. The number of hydrogen-bond donors (Lipinski definition) is 10. The molecule has 1 aromatic heterocycles. The zero-order chi connectivity index (χ0) is 74.5. The molecule has 32 heteroatoms. The van der Waals surface area contributed by atoms with Crippen LogP contribution < -0.4 is 42.4 Å². The summed E-state index contributed by atoms with van der Waals surface area (Å²) in [5, 5.41) is 46.5. The summed E-state index contributed by atoms with van der Waals surface area (Å²) in [6.45, 7) is 7.35. The van der Waals surface area contributed by atoms with E-state index in [1.807, 2.05) is 44.2 Å². The monoisotopic (exact) mass is 1490 g/mol. The molecule has 2 saturated heterocycles. The van der Waals surface area contributed by atoms with Crippen LogP contribution in [0.4, 0.5) is 0 Å². The quantitative estimate of drug-likeness (QED) is 0.0544. The predicted octanol–water partition coefficient (Wildman–Crippen LogP) is 2.33. The van der Waals surface area contributed by atoms with Crippen LogP contribution in [0.15, 0.2) is 60.7 Å². The van der Waals surface area contributed by atoms with Gasteiger partial charge in [-0.1, -0.05) is 82.1 Å². The van der Waals surface area contributed by atoms with E-state index in [0.717, 1.165) is 35.1 Å². The maximum atomic E-state index is 14.9. The lowest BCUT2D eigenvalue weighted by Gasteiger charge is -2.33. The SMILES string of the molecule is CCCCCC(=O)N[C@H]1CSCc2cc(CSCCNC(=O)COc3ccc4nc3CN(CC(=O)O)CCN(CC(=O)O)CCN(CC(=O)O)C4)cc(c2)CSC[C@@H](C)NC(=O)[C@H](Cc2ccccc2)NC(=O)[C@H](CCC(N)=O)NC(=O)[C@H](C(C)C)NC(=O)[C@@H]2CCCN2C(=O)[C@@H]2CCCN2C1=O. The van der Waals surface area contributed by atoms with Gasteiger partial charge in [0.25, 0.3) is 5.91 Å². The number of ether oxygens (including phenoxy) is 1. The smallest absolute Gasteiger partial charge is 0.317 e. The molecule has 3 aromatic rings. The summed E-state index contributed by atoms with van der Waals surface area (Å²) in [6, 6.07) is 11.5. The van der Waals surface area contributed by atoms with Crippen LogP contribution in [0, 0.1) is 5.92 Å². The minimum atomic E-state index is -1.37. The van der Waals surface area contributed by atoms with Crippen molar-refractivity contribution in [3.63, 3.8) is 0 Å². The number of nitrogens with zero attached hydrogens (tertiary/aromatic N) is 6. The number of nitrogens with one attached hydrogen (secondary N) is 6. The standard InChI is InChI=1S/C71H101N13O16S3/c1-5-6-8-17-60(86)76-55-44-103-43-50-31-48(41-101-29-22-73-61(87)39-100-58-20-18-51-34-81(37-63(90)91)27-25-80(36-62(88)89)26-28-82(38-64(92)93)35-54(58)75-51)30-49(32-50)42-102-40-46(4)74-67(95)53(33-47-13-9-7-10-14-47)78-66(94)52(19-21-59(72)85)77-69(97)65(45(2)3)79-68(96)56-15-11-23-83(56)71(99)57-16-12-24-84(57)70(55)98/h7,9-10,13-14,18,20,30-32,45-46,52-53,55-57,65H,5-6,8,11-12,15-17,19,21-29,33-44H2,1-4H3,(H2,72,85)(H,73,87)(H,74,95)(H,76,86)(H,77,97)(H,78,94)(H,79,96)(H,88,89)(H,90,91)(H,92,93)/t46-,52+,53+,55+,56+,57+,65+/m1/s1. The maximum absolute atomic E-state index is 14.9. The average Bonchev–Trinajstić information content (AvgIpc) is 1.77. The lowest BCUT2D eigenvalue weighted by Crippen LogP contribution is -2.60. The van der Waals surface area contributed by atoms with Gasteiger partial charge in [0.05, 0.1) is 31.0 Å². The molecule has 29 nitrogen and oxygen atoms in total. The molecule has 4 aliphatic rings. The van der Waals surface area contributed by atoms with Crippen molar-refractivity contribution in [2.75, 3.05) is 89.3 Å². The van der Waals surface area contributed by atoms with Gasteiger partial charge in [-0.25, -0.2) is 0 Å². The molecule has 2 fully saturated rings. The molecule has 0 unspecified atom stereocenters. The lowest BCUT2D eigenvalue weighted by molar-refractivity contribution is -0.148. The Morgan fingerprint density at radius 3 is 1.93 bits per heavy atom. The molecule has 4 aliphatic heterocycles. The second kappa shape index (κ2) is 42.0. The van der Waals surface area contributed by atoms with Crippen LogP contribution >= 0.6 is 35.3 Å². The molecular formula is C71H101N13O16S3. The van der Waals surface area contributed by atoms with Crippen LogP contribution in [0.3, 0.4) is 0 Å². The fourth-order valence-corrected chi connectivity index (χ4v) is 15.5. The van der Waals surface area contributed by atoms with Crippen LogP contribution in [-0.2, 0) is 94.3 Å². The van der Waals surface area contributed by atoms with Crippen molar-refractivity contribution < 1.29 is 77.6 Å². The number of thioether (sulfide) groups is 3. The van der Waals surface area contributed by atoms with E-state index in [4.69, 9.17) is 15.5 Å². The molecule has 0 spiro atoms. The number of pyridine rings is 1. The van der Waals surface area contributed by atoms with E-state index in [-0.39, 0.29) is 122 Å². The number of fused-ring (bicyclic) bond motifs is 6. The van der Waals surface area contributed by atoms with Gasteiger partial charge in [-0.15, -0.1) is 0 Å². The normalized spacial score (nSPS) is 22.3. The van der Waals surface area contributed by atoms with Gasteiger partial charge in [-0.3, -0.25) is 77.2 Å². The Bertz CT molecular complexity index is 3430. The summed E-state index contributed by atoms with van der Waals surface area (Å²) in [6.07, 6.45) is 3.69. The van der Waals surface area contributed by atoms with E-state index >= 15 is 0 Å². The number of unbranched alkanes of at least 4 members (excludes halogenated alkanes) is 2. The van der Waals surface area contributed by atoms with E-state index in [2.05, 4.69) is 50.1 Å². The second-order valence-electron chi connectivity index (χ2n) is 26.9. The van der Waals surface area contributed by atoms with E-state index in [9.17, 15) is 72.9 Å². The first kappa shape index (κ1) is 82.2. The zero-order valence-corrected chi connectivity index (χ0v) is 61.7. The average molecular weight is 1490 g/mol. The van der Waals surface area contributed by atoms with Crippen molar-refractivity contribution in [1.82, 2.24) is 61.4 Å². The minimum absolute atomic E-state index is 0.0278. The van der Waals surface area contributed by atoms with Gasteiger partial charge in [0.1, 0.15) is 42.0 Å². The Morgan fingerprint density at radius 2 is 1.28 bits per heavy atom. The number of rotatable bonds is 25. The van der Waals surface area contributed by atoms with Gasteiger partial charge in [0.15, 0.2) is 6.61 Å². The molecule has 0 radical (unpaired) electrons. The van der Waals surface area contributed by atoms with Crippen LogP contribution in [0.25, 0.3) is 0 Å². The highest BCUT2D eigenvalue weighted by molar-refractivity contribution is 7.99. The summed E-state index contributed by atoms with van der Waals surface area (Å²) in [5.41, 5.74) is 9.96. The molecule has 11 N–H and O–H groups in total. The Balaban J connectivity index is 1.10. The van der Waals surface area contributed by atoms with Crippen molar-refractivity contribution in [2.45, 2.75) is 171 Å². The first-order valence-electron chi connectivity index (χ1n) is 35.3. The highest BCUT2D eigenvalue weighted by Gasteiger charge is 2.45. The highest BCUT2D eigenvalue weighted by Crippen LogP contribution is 2.29. The van der Waals surface area contributed by atoms with Crippen LogP contribution in [-0.4, -0.2) is 247 Å². The molecule has 0 saturated carbocycles. The summed E-state index contributed by atoms with van der Waals surface area (Å²) in [4.78, 5) is 175. The highest BCUT2D eigenvalue weighted by atomic mass is 32.2. The second-order valence-corrected chi connectivity index (χ2v) is 30.1. The largest absolute Gasteiger partial charge is 0.482 e. The van der Waals surface area contributed by atoms with E-state index in [1.54, 1.807) is 64.2 Å². The zero-order valence-electron chi connectivity index (χ0n) is 59.2. The summed E-state index contributed by atoms with van der Waals surface area (Å²) in [5.74, 6) is -5.88. The van der Waals surface area contributed by atoms with Crippen molar-refractivity contribution in [3.8, 4) is 5.75 Å². The van der Waals surface area contributed by atoms with Gasteiger partial charge < -0.3 is 67.5 Å². The molecule has 9 amide bonds. The number of primary amides is 1. The summed E-state index contributed by atoms with van der Waals surface area (Å²) in [7, 11) is 0. The van der Waals surface area contributed by atoms with Gasteiger partial charge in [-0.05, 0) is 85.8 Å². The number of carbonyl (C=O) groups is 12. The number of hydrogen-bond acceptors (Lipinski definition) is 20.